The molecule has 1 aromatic heterocycles. The number of rotatable bonds is 6. The van der Waals surface area contributed by atoms with E-state index in [1.165, 1.54) is 18.9 Å². The van der Waals surface area contributed by atoms with Crippen molar-refractivity contribution in [3.8, 4) is 0 Å². The van der Waals surface area contributed by atoms with Crippen LogP contribution in [0.2, 0.25) is 0 Å². The number of pyridine rings is 1. The van der Waals surface area contributed by atoms with Crippen LogP contribution < -0.4 is 5.32 Å². The molecular formula is C16H16N2O3S. The lowest BCUT2D eigenvalue weighted by molar-refractivity contribution is -0.113. The van der Waals surface area contributed by atoms with Gasteiger partial charge in [0.1, 0.15) is 0 Å². The van der Waals surface area contributed by atoms with Gasteiger partial charge >= 0.3 is 5.97 Å². The Balaban J connectivity index is 1.88. The highest BCUT2D eigenvalue weighted by Crippen LogP contribution is 2.17. The Morgan fingerprint density at radius 2 is 1.95 bits per heavy atom. The molecule has 114 valence electrons. The van der Waals surface area contributed by atoms with E-state index in [9.17, 15) is 9.59 Å². The maximum atomic E-state index is 12.0. The van der Waals surface area contributed by atoms with Crippen LogP contribution >= 0.6 is 11.8 Å². The minimum Gasteiger partial charge on any atom is -0.465 e. The number of anilines is 1. The van der Waals surface area contributed by atoms with Gasteiger partial charge in [-0.3, -0.25) is 9.78 Å². The van der Waals surface area contributed by atoms with Crippen LogP contribution in [0.4, 0.5) is 5.69 Å². The van der Waals surface area contributed by atoms with E-state index in [2.05, 4.69) is 10.3 Å². The molecule has 22 heavy (non-hydrogen) atoms. The molecule has 0 unspecified atom stereocenters. The van der Waals surface area contributed by atoms with Crippen molar-refractivity contribution in [2.45, 2.75) is 5.75 Å². The predicted octanol–water partition coefficient (Wildman–Crippen LogP) is 2.74. The first-order valence-corrected chi connectivity index (χ1v) is 7.81. The average molecular weight is 316 g/mol. The van der Waals surface area contributed by atoms with Crippen molar-refractivity contribution in [2.24, 2.45) is 0 Å². The molecule has 2 aromatic rings. The second kappa shape index (κ2) is 8.19. The fraction of sp³-hybridized carbons (Fsp3) is 0.188. The molecule has 5 nitrogen and oxygen atoms in total. The zero-order chi connectivity index (χ0) is 15.8. The number of carbonyl (C=O) groups excluding carboxylic acids is 2. The second-order valence-corrected chi connectivity index (χ2v) is 5.38. The van der Waals surface area contributed by atoms with Crippen LogP contribution in [0.1, 0.15) is 16.1 Å². The molecule has 0 saturated carbocycles. The summed E-state index contributed by atoms with van der Waals surface area (Å²) in [5.41, 5.74) is 1.72. The third kappa shape index (κ3) is 4.60. The van der Waals surface area contributed by atoms with Crippen molar-refractivity contribution in [1.29, 1.82) is 0 Å². The van der Waals surface area contributed by atoms with Gasteiger partial charge < -0.3 is 10.1 Å². The minimum atomic E-state index is -0.475. The van der Waals surface area contributed by atoms with Gasteiger partial charge in [-0.25, -0.2) is 4.79 Å². The van der Waals surface area contributed by atoms with Gasteiger partial charge in [-0.2, -0.15) is 0 Å². The van der Waals surface area contributed by atoms with Gasteiger partial charge in [0, 0.05) is 11.9 Å². The molecule has 0 aliphatic rings. The fourth-order valence-corrected chi connectivity index (χ4v) is 2.54. The number of benzene rings is 1. The van der Waals surface area contributed by atoms with Crippen molar-refractivity contribution >= 4 is 29.3 Å². The van der Waals surface area contributed by atoms with E-state index >= 15 is 0 Å². The first-order valence-electron chi connectivity index (χ1n) is 6.65. The smallest absolute Gasteiger partial charge is 0.339 e. The summed E-state index contributed by atoms with van der Waals surface area (Å²) in [7, 11) is 1.31. The summed E-state index contributed by atoms with van der Waals surface area (Å²) in [4.78, 5) is 27.8. The molecule has 6 heteroatoms. The topological polar surface area (TPSA) is 68.3 Å². The first-order chi connectivity index (χ1) is 10.7. The Labute approximate surface area is 133 Å². The second-order valence-electron chi connectivity index (χ2n) is 4.40. The summed E-state index contributed by atoms with van der Waals surface area (Å²) in [5.74, 6) is 0.299. The standard InChI is InChI=1S/C16H16N2O3S/c1-21-16(20)13-7-2-3-8-14(13)18-15(19)11-22-10-12-6-4-5-9-17-12/h2-9H,10-11H2,1H3,(H,18,19). The Kier molecular flexibility index (Phi) is 5.97. The van der Waals surface area contributed by atoms with Crippen LogP contribution in [0.15, 0.2) is 48.7 Å². The minimum absolute atomic E-state index is 0.169. The normalized spacial score (nSPS) is 10.0. The highest BCUT2D eigenvalue weighted by molar-refractivity contribution is 7.99. The lowest BCUT2D eigenvalue weighted by atomic mass is 10.2. The lowest BCUT2D eigenvalue weighted by Crippen LogP contribution is -2.17. The molecule has 1 heterocycles. The van der Waals surface area contributed by atoms with E-state index in [0.717, 1.165) is 5.69 Å². The average Bonchev–Trinajstić information content (AvgIpc) is 2.55. The molecule has 0 atom stereocenters. The molecule has 1 aromatic carbocycles. The molecule has 0 aliphatic carbocycles. The van der Waals surface area contributed by atoms with Crippen LogP contribution in [0.5, 0.6) is 0 Å². The Bertz CT molecular complexity index is 647. The zero-order valence-electron chi connectivity index (χ0n) is 12.1. The predicted molar refractivity (Wildman–Crippen MR) is 86.8 cm³/mol. The quantitative estimate of drug-likeness (QED) is 0.830. The van der Waals surface area contributed by atoms with Crippen molar-refractivity contribution in [2.75, 3.05) is 18.2 Å². The van der Waals surface area contributed by atoms with Gasteiger partial charge in [0.2, 0.25) is 5.91 Å². The number of thioether (sulfide) groups is 1. The molecule has 1 N–H and O–H groups in total. The maximum Gasteiger partial charge on any atom is 0.339 e. The summed E-state index contributed by atoms with van der Waals surface area (Å²) in [6.45, 7) is 0. The van der Waals surface area contributed by atoms with Gasteiger partial charge in [0.05, 0.1) is 29.8 Å². The van der Waals surface area contributed by atoms with Crippen LogP contribution in [0, 0.1) is 0 Å². The van der Waals surface area contributed by atoms with Crippen molar-refractivity contribution in [3.63, 3.8) is 0 Å². The molecule has 0 radical (unpaired) electrons. The number of methoxy groups -OCH3 is 1. The van der Waals surface area contributed by atoms with E-state index < -0.39 is 5.97 Å². The number of nitrogens with one attached hydrogen (secondary N) is 1. The van der Waals surface area contributed by atoms with Crippen LogP contribution in [0.3, 0.4) is 0 Å². The van der Waals surface area contributed by atoms with Gasteiger partial charge in [0.25, 0.3) is 0 Å². The van der Waals surface area contributed by atoms with E-state index in [1.807, 2.05) is 18.2 Å². The number of nitrogens with zero attached hydrogens (tertiary/aromatic N) is 1. The number of para-hydroxylation sites is 1. The van der Waals surface area contributed by atoms with Gasteiger partial charge in [-0.1, -0.05) is 18.2 Å². The van der Waals surface area contributed by atoms with Crippen molar-refractivity contribution < 1.29 is 14.3 Å². The van der Waals surface area contributed by atoms with Crippen LogP contribution in [-0.2, 0) is 15.3 Å². The van der Waals surface area contributed by atoms with E-state index in [1.54, 1.807) is 30.5 Å². The molecular weight excluding hydrogens is 300 g/mol. The van der Waals surface area contributed by atoms with Gasteiger partial charge in [-0.15, -0.1) is 11.8 Å². The fourth-order valence-electron chi connectivity index (χ4n) is 1.80. The zero-order valence-corrected chi connectivity index (χ0v) is 12.9. The Morgan fingerprint density at radius 3 is 2.68 bits per heavy atom. The molecule has 0 spiro atoms. The van der Waals surface area contributed by atoms with Crippen LogP contribution in [-0.4, -0.2) is 29.7 Å². The monoisotopic (exact) mass is 316 g/mol. The highest BCUT2D eigenvalue weighted by Gasteiger charge is 2.13. The number of hydrogen-bond acceptors (Lipinski definition) is 5. The molecule has 1 amide bonds. The van der Waals surface area contributed by atoms with Gasteiger partial charge in [-0.05, 0) is 24.3 Å². The summed E-state index contributed by atoms with van der Waals surface area (Å²) in [5, 5.41) is 2.73. The SMILES string of the molecule is COC(=O)c1ccccc1NC(=O)CSCc1ccccn1. The number of amides is 1. The number of carbonyl (C=O) groups is 2. The summed E-state index contributed by atoms with van der Waals surface area (Å²) in [6, 6.07) is 12.4. The van der Waals surface area contributed by atoms with Crippen molar-refractivity contribution in [3.05, 3.63) is 59.9 Å². The van der Waals surface area contributed by atoms with Crippen molar-refractivity contribution in [1.82, 2.24) is 4.98 Å². The van der Waals surface area contributed by atoms with E-state index in [4.69, 9.17) is 4.74 Å². The Morgan fingerprint density at radius 1 is 1.18 bits per heavy atom. The third-order valence-corrected chi connectivity index (χ3v) is 3.78. The lowest BCUT2D eigenvalue weighted by Gasteiger charge is -2.09. The van der Waals surface area contributed by atoms with Gasteiger partial charge in [0.15, 0.2) is 0 Å². The molecule has 0 saturated heterocycles. The number of esters is 1. The summed E-state index contributed by atoms with van der Waals surface area (Å²) >= 11 is 1.46. The van der Waals surface area contributed by atoms with E-state index in [0.29, 0.717) is 17.0 Å². The number of aromatic nitrogens is 1. The third-order valence-electron chi connectivity index (χ3n) is 2.82. The number of hydrogen-bond donors (Lipinski definition) is 1. The highest BCUT2D eigenvalue weighted by atomic mass is 32.2. The summed E-state index contributed by atoms with van der Waals surface area (Å²) < 4.78 is 4.69. The Hall–Kier alpha value is -2.34. The first kappa shape index (κ1) is 16.0. The maximum absolute atomic E-state index is 12.0. The van der Waals surface area contributed by atoms with E-state index in [-0.39, 0.29) is 11.7 Å². The molecule has 0 fully saturated rings. The molecule has 0 aliphatic heterocycles. The van der Waals surface area contributed by atoms with Crippen LogP contribution in [0.25, 0.3) is 0 Å². The number of ether oxygens (including phenoxy) is 1. The molecule has 0 bridgehead atoms. The summed E-state index contributed by atoms with van der Waals surface area (Å²) in [6.07, 6.45) is 1.72. The largest absolute Gasteiger partial charge is 0.465 e. The molecule has 2 rings (SSSR count).